The van der Waals surface area contributed by atoms with Gasteiger partial charge in [0.25, 0.3) is 5.91 Å². The van der Waals surface area contributed by atoms with Gasteiger partial charge in [-0.05, 0) is 39.2 Å². The van der Waals surface area contributed by atoms with Crippen LogP contribution in [-0.4, -0.2) is 53.4 Å². The van der Waals surface area contributed by atoms with Crippen molar-refractivity contribution in [2.75, 3.05) is 26.7 Å². The first-order valence-corrected chi connectivity index (χ1v) is 7.73. The number of aryl methyl sites for hydroxylation is 1. The Labute approximate surface area is 126 Å². The molecule has 1 amide bonds. The molecule has 2 heterocycles. The van der Waals surface area contributed by atoms with Gasteiger partial charge in [-0.3, -0.25) is 9.48 Å². The van der Waals surface area contributed by atoms with E-state index >= 15 is 0 Å². The van der Waals surface area contributed by atoms with E-state index in [4.69, 9.17) is 10.5 Å². The Morgan fingerprint density at radius 2 is 2.38 bits per heavy atom. The Bertz CT molecular complexity index is 466. The van der Waals surface area contributed by atoms with Gasteiger partial charge in [0, 0.05) is 32.4 Å². The van der Waals surface area contributed by atoms with Crippen LogP contribution in [0.4, 0.5) is 0 Å². The van der Waals surface area contributed by atoms with E-state index in [1.54, 1.807) is 11.1 Å². The Morgan fingerprint density at radius 3 is 3.05 bits per heavy atom. The van der Waals surface area contributed by atoms with Crippen molar-refractivity contribution in [2.24, 2.45) is 5.73 Å². The van der Waals surface area contributed by atoms with Crippen molar-refractivity contribution in [3.8, 4) is 0 Å². The molecule has 0 saturated carbocycles. The predicted octanol–water partition coefficient (Wildman–Crippen LogP) is 1.18. The fourth-order valence-electron chi connectivity index (χ4n) is 2.67. The standard InChI is InChI=1S/C15H26N4O2/c1-12-14(10-17-19(12)8-5-7-16)15(20)18(2)11-13-6-3-4-9-21-13/h10,13H,3-9,11,16H2,1-2H3. The first-order chi connectivity index (χ1) is 10.1. The highest BCUT2D eigenvalue weighted by Gasteiger charge is 2.22. The number of hydrogen-bond acceptors (Lipinski definition) is 4. The molecule has 1 atom stereocenters. The molecule has 2 rings (SSSR count). The molecule has 118 valence electrons. The third-order valence-corrected chi connectivity index (χ3v) is 4.01. The maximum atomic E-state index is 12.5. The second kappa shape index (κ2) is 7.56. The van der Waals surface area contributed by atoms with E-state index in [0.717, 1.165) is 38.1 Å². The van der Waals surface area contributed by atoms with E-state index < -0.39 is 0 Å². The van der Waals surface area contributed by atoms with Crippen LogP contribution in [0.15, 0.2) is 6.20 Å². The van der Waals surface area contributed by atoms with Gasteiger partial charge in [-0.2, -0.15) is 5.10 Å². The summed E-state index contributed by atoms with van der Waals surface area (Å²) < 4.78 is 7.55. The number of nitrogens with two attached hydrogens (primary N) is 1. The third-order valence-electron chi connectivity index (χ3n) is 4.01. The van der Waals surface area contributed by atoms with Crippen LogP contribution in [-0.2, 0) is 11.3 Å². The van der Waals surface area contributed by atoms with Crippen molar-refractivity contribution in [3.05, 3.63) is 17.5 Å². The number of likely N-dealkylation sites (N-methyl/N-ethyl adjacent to an activating group) is 1. The van der Waals surface area contributed by atoms with Gasteiger partial charge in [-0.1, -0.05) is 0 Å². The van der Waals surface area contributed by atoms with Crippen LogP contribution in [0.1, 0.15) is 41.7 Å². The third kappa shape index (κ3) is 4.04. The molecule has 1 saturated heterocycles. The number of ether oxygens (including phenoxy) is 1. The molecule has 0 aromatic carbocycles. The maximum absolute atomic E-state index is 12.5. The van der Waals surface area contributed by atoms with Crippen LogP contribution in [0, 0.1) is 6.92 Å². The zero-order valence-electron chi connectivity index (χ0n) is 13.0. The van der Waals surface area contributed by atoms with Crippen molar-refractivity contribution in [1.29, 1.82) is 0 Å². The summed E-state index contributed by atoms with van der Waals surface area (Å²) in [6.07, 6.45) is 6.03. The van der Waals surface area contributed by atoms with Gasteiger partial charge in [0.15, 0.2) is 0 Å². The predicted molar refractivity (Wildman–Crippen MR) is 81.2 cm³/mol. The molecule has 0 aliphatic carbocycles. The van der Waals surface area contributed by atoms with Crippen LogP contribution in [0.5, 0.6) is 0 Å². The van der Waals surface area contributed by atoms with Gasteiger partial charge in [0.05, 0.1) is 17.9 Å². The molecule has 1 aromatic rings. The minimum Gasteiger partial charge on any atom is -0.376 e. The molecular formula is C15H26N4O2. The summed E-state index contributed by atoms with van der Waals surface area (Å²) in [5.74, 6) is 0.0145. The monoisotopic (exact) mass is 294 g/mol. The lowest BCUT2D eigenvalue weighted by Crippen LogP contribution is -2.37. The Balaban J connectivity index is 1.96. The topological polar surface area (TPSA) is 73.4 Å². The number of rotatable bonds is 6. The smallest absolute Gasteiger partial charge is 0.257 e. The van der Waals surface area contributed by atoms with Crippen molar-refractivity contribution in [2.45, 2.75) is 45.3 Å². The molecule has 1 unspecified atom stereocenters. The van der Waals surface area contributed by atoms with E-state index in [0.29, 0.717) is 18.7 Å². The molecule has 1 aliphatic heterocycles. The lowest BCUT2D eigenvalue weighted by molar-refractivity contribution is -0.000205. The van der Waals surface area contributed by atoms with Crippen LogP contribution in [0.25, 0.3) is 0 Å². The second-order valence-corrected chi connectivity index (χ2v) is 5.68. The van der Waals surface area contributed by atoms with Gasteiger partial charge in [-0.15, -0.1) is 0 Å². The maximum Gasteiger partial charge on any atom is 0.257 e. The number of nitrogens with zero attached hydrogens (tertiary/aromatic N) is 3. The molecule has 0 radical (unpaired) electrons. The summed E-state index contributed by atoms with van der Waals surface area (Å²) in [5.41, 5.74) is 7.09. The molecule has 1 fully saturated rings. The SMILES string of the molecule is Cc1c(C(=O)N(C)CC2CCCCO2)cnn1CCCN. The average molecular weight is 294 g/mol. The highest BCUT2D eigenvalue weighted by molar-refractivity contribution is 5.94. The van der Waals surface area contributed by atoms with Crippen LogP contribution < -0.4 is 5.73 Å². The Morgan fingerprint density at radius 1 is 1.57 bits per heavy atom. The highest BCUT2D eigenvalue weighted by Crippen LogP contribution is 2.16. The molecule has 2 N–H and O–H groups in total. The van der Waals surface area contributed by atoms with Crippen molar-refractivity contribution >= 4 is 5.91 Å². The molecule has 0 bridgehead atoms. The van der Waals surface area contributed by atoms with E-state index in [1.807, 2.05) is 18.7 Å². The number of carbonyl (C=O) groups excluding carboxylic acids is 1. The minimum atomic E-state index is 0.0145. The zero-order valence-corrected chi connectivity index (χ0v) is 13.0. The van der Waals surface area contributed by atoms with Crippen molar-refractivity contribution in [1.82, 2.24) is 14.7 Å². The summed E-state index contributed by atoms with van der Waals surface area (Å²) >= 11 is 0. The first kappa shape index (κ1) is 16.0. The molecular weight excluding hydrogens is 268 g/mol. The lowest BCUT2D eigenvalue weighted by atomic mass is 10.1. The Kier molecular flexibility index (Phi) is 5.76. The van der Waals surface area contributed by atoms with Gasteiger partial charge < -0.3 is 15.4 Å². The minimum absolute atomic E-state index is 0.0145. The number of carbonyl (C=O) groups is 1. The molecule has 0 spiro atoms. The number of hydrogen-bond donors (Lipinski definition) is 1. The first-order valence-electron chi connectivity index (χ1n) is 7.73. The summed E-state index contributed by atoms with van der Waals surface area (Å²) in [5, 5.41) is 4.29. The summed E-state index contributed by atoms with van der Waals surface area (Å²) in [6, 6.07) is 0. The van der Waals surface area contributed by atoms with E-state index in [-0.39, 0.29) is 12.0 Å². The van der Waals surface area contributed by atoms with Gasteiger partial charge >= 0.3 is 0 Å². The van der Waals surface area contributed by atoms with E-state index in [2.05, 4.69) is 5.10 Å². The quantitative estimate of drug-likeness (QED) is 0.855. The van der Waals surface area contributed by atoms with Gasteiger partial charge in [0.1, 0.15) is 0 Å². The van der Waals surface area contributed by atoms with Gasteiger partial charge in [0.2, 0.25) is 0 Å². The van der Waals surface area contributed by atoms with Gasteiger partial charge in [-0.25, -0.2) is 0 Å². The second-order valence-electron chi connectivity index (χ2n) is 5.68. The molecule has 6 nitrogen and oxygen atoms in total. The summed E-state index contributed by atoms with van der Waals surface area (Å²) in [4.78, 5) is 14.3. The molecule has 21 heavy (non-hydrogen) atoms. The fraction of sp³-hybridized carbons (Fsp3) is 0.733. The zero-order chi connectivity index (χ0) is 15.2. The lowest BCUT2D eigenvalue weighted by Gasteiger charge is -2.27. The average Bonchev–Trinajstić information content (AvgIpc) is 2.86. The fourth-order valence-corrected chi connectivity index (χ4v) is 2.67. The van der Waals surface area contributed by atoms with Crippen molar-refractivity contribution in [3.63, 3.8) is 0 Å². The highest BCUT2D eigenvalue weighted by atomic mass is 16.5. The van der Waals surface area contributed by atoms with Crippen LogP contribution >= 0.6 is 0 Å². The van der Waals surface area contributed by atoms with Crippen LogP contribution in [0.3, 0.4) is 0 Å². The number of aromatic nitrogens is 2. The van der Waals surface area contributed by atoms with E-state index in [9.17, 15) is 4.79 Å². The van der Waals surface area contributed by atoms with E-state index in [1.165, 1.54) is 6.42 Å². The normalized spacial score (nSPS) is 18.7. The summed E-state index contributed by atoms with van der Waals surface area (Å²) in [6.45, 7) is 4.77. The number of amides is 1. The molecule has 1 aliphatic rings. The Hall–Kier alpha value is -1.40. The largest absolute Gasteiger partial charge is 0.376 e. The molecule has 1 aromatic heterocycles. The summed E-state index contributed by atoms with van der Waals surface area (Å²) in [7, 11) is 1.83. The van der Waals surface area contributed by atoms with Crippen molar-refractivity contribution < 1.29 is 9.53 Å². The van der Waals surface area contributed by atoms with Crippen LogP contribution in [0.2, 0.25) is 0 Å². The molecule has 6 heteroatoms.